The number of hydrogen-bond donors (Lipinski definition) is 2. The van der Waals surface area contributed by atoms with Crippen LogP contribution in [0.1, 0.15) is 49.4 Å². The molecule has 0 unspecified atom stereocenters. The van der Waals surface area contributed by atoms with Gasteiger partial charge < -0.3 is 15.2 Å². The molecule has 25 heavy (non-hydrogen) atoms. The number of rotatable bonds is 6. The molecule has 1 amide bonds. The van der Waals surface area contributed by atoms with Gasteiger partial charge in [0, 0.05) is 29.2 Å². The van der Waals surface area contributed by atoms with E-state index in [1.165, 1.54) is 43.3 Å². The number of piperidine rings is 1. The second-order valence-corrected chi connectivity index (χ2v) is 7.44. The highest BCUT2D eigenvalue weighted by Crippen LogP contribution is 2.25. The van der Waals surface area contributed by atoms with Gasteiger partial charge in [0.05, 0.1) is 6.42 Å². The highest BCUT2D eigenvalue weighted by molar-refractivity contribution is 5.91. The van der Waals surface area contributed by atoms with Crippen LogP contribution in [0, 0.1) is 13.8 Å². The Morgan fingerprint density at radius 1 is 1.24 bits per heavy atom. The van der Waals surface area contributed by atoms with Crippen molar-refractivity contribution in [2.75, 3.05) is 19.6 Å². The molecule has 2 aromatic rings. The van der Waals surface area contributed by atoms with Gasteiger partial charge in [-0.1, -0.05) is 31.5 Å². The molecule has 0 saturated carbocycles. The number of aryl methyl sites for hydroxylation is 2. The van der Waals surface area contributed by atoms with Gasteiger partial charge in [-0.15, -0.1) is 0 Å². The van der Waals surface area contributed by atoms with E-state index in [9.17, 15) is 4.79 Å². The molecule has 0 radical (unpaired) electrons. The average molecular weight is 341 g/mol. The summed E-state index contributed by atoms with van der Waals surface area (Å²) >= 11 is 0. The first-order chi connectivity index (χ1) is 12.1. The molecule has 1 aromatic heterocycles. The standard InChI is InChI=1S/C21H31N3O/c1-4-17(14-24-11-6-5-7-12-24)23-20(25)13-19-16(3)22-21-15(2)9-8-10-18(19)21/h8-10,17,22H,4-7,11-14H2,1-3H3,(H,23,25)/t17-/m0/s1. The van der Waals surface area contributed by atoms with Crippen LogP contribution in [0.15, 0.2) is 18.2 Å². The quantitative estimate of drug-likeness (QED) is 0.841. The lowest BCUT2D eigenvalue weighted by Gasteiger charge is -2.30. The molecule has 3 rings (SSSR count). The third kappa shape index (κ3) is 4.24. The van der Waals surface area contributed by atoms with Gasteiger partial charge in [-0.05, 0) is 57.3 Å². The van der Waals surface area contributed by atoms with E-state index in [2.05, 4.69) is 54.2 Å². The number of amides is 1. The topological polar surface area (TPSA) is 48.1 Å². The van der Waals surface area contributed by atoms with E-state index in [4.69, 9.17) is 0 Å². The van der Waals surface area contributed by atoms with Crippen LogP contribution in [0.5, 0.6) is 0 Å². The second kappa shape index (κ2) is 8.05. The largest absolute Gasteiger partial charge is 0.358 e. The monoisotopic (exact) mass is 341 g/mol. The van der Waals surface area contributed by atoms with Gasteiger partial charge in [-0.3, -0.25) is 4.79 Å². The molecule has 2 heterocycles. The molecular formula is C21H31N3O. The number of carbonyl (C=O) groups excluding carboxylic acids is 1. The van der Waals surface area contributed by atoms with Gasteiger partial charge in [-0.2, -0.15) is 0 Å². The molecule has 1 saturated heterocycles. The van der Waals surface area contributed by atoms with Gasteiger partial charge in [0.25, 0.3) is 0 Å². The molecular weight excluding hydrogens is 310 g/mol. The summed E-state index contributed by atoms with van der Waals surface area (Å²) in [5.41, 5.74) is 4.61. The van der Waals surface area contributed by atoms with E-state index in [1.54, 1.807) is 0 Å². The number of carbonyl (C=O) groups is 1. The van der Waals surface area contributed by atoms with Crippen LogP contribution < -0.4 is 5.32 Å². The van der Waals surface area contributed by atoms with Crippen LogP contribution in [0.2, 0.25) is 0 Å². The van der Waals surface area contributed by atoms with Crippen LogP contribution in [0.4, 0.5) is 0 Å². The Bertz CT molecular complexity index is 728. The lowest BCUT2D eigenvalue weighted by Crippen LogP contribution is -2.45. The first-order valence-electron chi connectivity index (χ1n) is 9.67. The maximum Gasteiger partial charge on any atom is 0.224 e. The Balaban J connectivity index is 1.65. The molecule has 0 aliphatic carbocycles. The summed E-state index contributed by atoms with van der Waals surface area (Å²) in [5.74, 6) is 0.134. The van der Waals surface area contributed by atoms with E-state index < -0.39 is 0 Å². The van der Waals surface area contributed by atoms with Crippen molar-refractivity contribution in [1.82, 2.24) is 15.2 Å². The van der Waals surface area contributed by atoms with Crippen LogP contribution in [-0.4, -0.2) is 41.5 Å². The van der Waals surface area contributed by atoms with E-state index >= 15 is 0 Å². The van der Waals surface area contributed by atoms with Crippen molar-refractivity contribution in [1.29, 1.82) is 0 Å². The minimum atomic E-state index is 0.134. The number of fused-ring (bicyclic) bond motifs is 1. The number of para-hydroxylation sites is 1. The number of aromatic amines is 1. The number of likely N-dealkylation sites (tertiary alicyclic amines) is 1. The minimum absolute atomic E-state index is 0.134. The number of benzene rings is 1. The molecule has 4 heteroatoms. The Morgan fingerprint density at radius 2 is 2.00 bits per heavy atom. The van der Waals surface area contributed by atoms with Crippen molar-refractivity contribution in [2.45, 2.75) is 58.9 Å². The fourth-order valence-corrected chi connectivity index (χ4v) is 3.95. The molecule has 0 bridgehead atoms. The molecule has 1 aliphatic rings. The summed E-state index contributed by atoms with van der Waals surface area (Å²) in [6, 6.07) is 6.53. The number of hydrogen-bond acceptors (Lipinski definition) is 2. The summed E-state index contributed by atoms with van der Waals surface area (Å²) < 4.78 is 0. The lowest BCUT2D eigenvalue weighted by atomic mass is 10.0. The Labute approximate surface area is 151 Å². The van der Waals surface area contributed by atoms with Crippen molar-refractivity contribution >= 4 is 16.8 Å². The molecule has 1 atom stereocenters. The fraction of sp³-hybridized carbons (Fsp3) is 0.571. The minimum Gasteiger partial charge on any atom is -0.358 e. The summed E-state index contributed by atoms with van der Waals surface area (Å²) in [5, 5.41) is 4.44. The predicted molar refractivity (Wildman–Crippen MR) is 104 cm³/mol. The third-order valence-electron chi connectivity index (χ3n) is 5.49. The molecule has 1 aromatic carbocycles. The van der Waals surface area contributed by atoms with Crippen molar-refractivity contribution in [3.05, 3.63) is 35.0 Å². The van der Waals surface area contributed by atoms with Crippen molar-refractivity contribution in [3.8, 4) is 0 Å². The van der Waals surface area contributed by atoms with Crippen LogP contribution in [-0.2, 0) is 11.2 Å². The van der Waals surface area contributed by atoms with Gasteiger partial charge in [0.15, 0.2) is 0 Å². The first-order valence-corrected chi connectivity index (χ1v) is 9.67. The maximum atomic E-state index is 12.7. The van der Waals surface area contributed by atoms with Gasteiger partial charge >= 0.3 is 0 Å². The van der Waals surface area contributed by atoms with Crippen molar-refractivity contribution < 1.29 is 4.79 Å². The SMILES string of the molecule is CC[C@@H](CN1CCCCC1)NC(=O)Cc1c(C)[nH]c2c(C)cccc12. The molecule has 1 fully saturated rings. The summed E-state index contributed by atoms with van der Waals surface area (Å²) in [4.78, 5) is 18.6. The van der Waals surface area contributed by atoms with E-state index in [1.807, 2.05) is 0 Å². The fourth-order valence-electron chi connectivity index (χ4n) is 3.95. The lowest BCUT2D eigenvalue weighted by molar-refractivity contribution is -0.121. The van der Waals surface area contributed by atoms with E-state index in [0.29, 0.717) is 6.42 Å². The first kappa shape index (κ1) is 18.0. The number of aromatic nitrogens is 1. The maximum absolute atomic E-state index is 12.7. The zero-order valence-electron chi connectivity index (χ0n) is 15.8. The smallest absolute Gasteiger partial charge is 0.224 e. The third-order valence-corrected chi connectivity index (χ3v) is 5.49. The number of nitrogens with zero attached hydrogens (tertiary/aromatic N) is 1. The van der Waals surface area contributed by atoms with Gasteiger partial charge in [0.2, 0.25) is 5.91 Å². The number of H-pyrrole nitrogens is 1. The van der Waals surface area contributed by atoms with Crippen molar-refractivity contribution in [2.24, 2.45) is 0 Å². The van der Waals surface area contributed by atoms with Gasteiger partial charge in [0.1, 0.15) is 0 Å². The van der Waals surface area contributed by atoms with Crippen LogP contribution in [0.25, 0.3) is 10.9 Å². The molecule has 136 valence electrons. The summed E-state index contributed by atoms with van der Waals surface area (Å²) in [6.45, 7) is 9.66. The Morgan fingerprint density at radius 3 is 2.72 bits per heavy atom. The molecule has 0 spiro atoms. The predicted octanol–water partition coefficient (Wildman–Crippen LogP) is 3.71. The normalized spacial score (nSPS) is 16.9. The second-order valence-electron chi connectivity index (χ2n) is 7.44. The van der Waals surface area contributed by atoms with Crippen LogP contribution in [0.3, 0.4) is 0 Å². The molecule has 4 nitrogen and oxygen atoms in total. The summed E-state index contributed by atoms with van der Waals surface area (Å²) in [6.07, 6.45) is 5.36. The van der Waals surface area contributed by atoms with Gasteiger partial charge in [-0.25, -0.2) is 0 Å². The Kier molecular flexibility index (Phi) is 5.79. The molecule has 2 N–H and O–H groups in total. The van der Waals surface area contributed by atoms with E-state index in [-0.39, 0.29) is 11.9 Å². The van der Waals surface area contributed by atoms with Crippen LogP contribution >= 0.6 is 0 Å². The average Bonchev–Trinajstić information content (AvgIpc) is 2.92. The highest BCUT2D eigenvalue weighted by atomic mass is 16.1. The zero-order valence-corrected chi connectivity index (χ0v) is 15.8. The van der Waals surface area contributed by atoms with Crippen molar-refractivity contribution in [3.63, 3.8) is 0 Å². The summed E-state index contributed by atoms with van der Waals surface area (Å²) in [7, 11) is 0. The van der Waals surface area contributed by atoms with E-state index in [0.717, 1.165) is 29.7 Å². The highest BCUT2D eigenvalue weighted by Gasteiger charge is 2.19. The zero-order chi connectivity index (χ0) is 17.8. The number of nitrogens with one attached hydrogen (secondary N) is 2. The Hall–Kier alpha value is -1.81. The molecule has 1 aliphatic heterocycles.